The van der Waals surface area contributed by atoms with Crippen LogP contribution in [0.2, 0.25) is 5.15 Å². The lowest BCUT2D eigenvalue weighted by Crippen LogP contribution is -2.46. The van der Waals surface area contributed by atoms with E-state index in [9.17, 15) is 13.2 Å². The lowest BCUT2D eigenvalue weighted by molar-refractivity contribution is -0.126. The number of rotatable bonds is 4. The topological polar surface area (TPSA) is 92.3 Å². The van der Waals surface area contributed by atoms with Crippen molar-refractivity contribution in [2.24, 2.45) is 5.41 Å². The molecule has 1 fully saturated rings. The molecule has 4 rings (SSSR count). The first-order valence-corrected chi connectivity index (χ1v) is 11.7. The molecule has 0 saturated carbocycles. The maximum Gasteiger partial charge on any atom is 0.244 e. The average Bonchev–Trinajstić information content (AvgIpc) is 3.16. The minimum absolute atomic E-state index is 0.103. The molecular formula is C19H19ClN4O3S2. The number of carbonyl (C=O) groups excluding carboxylic acids is 1. The summed E-state index contributed by atoms with van der Waals surface area (Å²) in [6, 6.07) is 8.53. The number of halogens is 1. The van der Waals surface area contributed by atoms with E-state index in [4.69, 9.17) is 11.6 Å². The molecule has 2 aromatic heterocycles. The number of aromatic nitrogens is 2. The summed E-state index contributed by atoms with van der Waals surface area (Å²) in [5.74, 6) is -0.114. The first-order valence-electron chi connectivity index (χ1n) is 9.04. The summed E-state index contributed by atoms with van der Waals surface area (Å²) >= 11 is 7.29. The Kier molecular flexibility index (Phi) is 5.32. The van der Waals surface area contributed by atoms with Crippen molar-refractivity contribution in [2.45, 2.75) is 24.7 Å². The standard InChI is InChI=1S/C19H19ClN4O3S2/c1-19(18(25)23-13-2-4-16-15(10-13)22-12-28-16)6-8-24(9-7-19)29(26,27)14-3-5-17(20)21-11-14/h2-5,10-12H,6-9H2,1H3,(H,23,25). The molecule has 1 saturated heterocycles. The summed E-state index contributed by atoms with van der Waals surface area (Å²) in [6.07, 6.45) is 2.11. The van der Waals surface area contributed by atoms with Gasteiger partial charge in [-0.15, -0.1) is 11.3 Å². The van der Waals surface area contributed by atoms with E-state index >= 15 is 0 Å². The van der Waals surface area contributed by atoms with Crippen molar-refractivity contribution in [3.63, 3.8) is 0 Å². The van der Waals surface area contributed by atoms with Crippen molar-refractivity contribution in [3.8, 4) is 0 Å². The number of carbonyl (C=O) groups is 1. The van der Waals surface area contributed by atoms with Crippen LogP contribution >= 0.6 is 22.9 Å². The fourth-order valence-electron chi connectivity index (χ4n) is 3.33. The number of hydrogen-bond donors (Lipinski definition) is 1. The number of nitrogens with zero attached hydrogens (tertiary/aromatic N) is 3. The van der Waals surface area contributed by atoms with Crippen LogP contribution in [0.3, 0.4) is 0 Å². The zero-order chi connectivity index (χ0) is 20.6. The van der Waals surface area contributed by atoms with Crippen molar-refractivity contribution < 1.29 is 13.2 Å². The molecular weight excluding hydrogens is 432 g/mol. The largest absolute Gasteiger partial charge is 0.326 e. The summed E-state index contributed by atoms with van der Waals surface area (Å²) in [4.78, 5) is 21.1. The lowest BCUT2D eigenvalue weighted by atomic mass is 9.80. The second-order valence-corrected chi connectivity index (χ2v) is 10.5. The number of piperidine rings is 1. The number of thiazole rings is 1. The summed E-state index contributed by atoms with van der Waals surface area (Å²) in [7, 11) is -3.66. The van der Waals surface area contributed by atoms with Crippen LogP contribution in [0.15, 0.2) is 46.9 Å². The van der Waals surface area contributed by atoms with Gasteiger partial charge < -0.3 is 5.32 Å². The number of amides is 1. The molecule has 1 aliphatic rings. The van der Waals surface area contributed by atoms with Gasteiger partial charge in [0.25, 0.3) is 0 Å². The quantitative estimate of drug-likeness (QED) is 0.611. The molecule has 29 heavy (non-hydrogen) atoms. The second kappa shape index (κ2) is 7.64. The number of sulfonamides is 1. The van der Waals surface area contributed by atoms with Gasteiger partial charge in [0.1, 0.15) is 10.0 Å². The number of hydrogen-bond acceptors (Lipinski definition) is 6. The van der Waals surface area contributed by atoms with Crippen LogP contribution in [0.1, 0.15) is 19.8 Å². The van der Waals surface area contributed by atoms with Crippen molar-refractivity contribution in [2.75, 3.05) is 18.4 Å². The Hall–Kier alpha value is -2.07. The van der Waals surface area contributed by atoms with Gasteiger partial charge in [-0.05, 0) is 43.2 Å². The number of anilines is 1. The molecule has 0 atom stereocenters. The molecule has 1 aliphatic heterocycles. The van der Waals surface area contributed by atoms with Crippen LogP contribution in [0.4, 0.5) is 5.69 Å². The Bertz CT molecular complexity index is 1150. The predicted molar refractivity (Wildman–Crippen MR) is 114 cm³/mol. The first-order chi connectivity index (χ1) is 13.8. The Morgan fingerprint density at radius 2 is 1.97 bits per heavy atom. The summed E-state index contributed by atoms with van der Waals surface area (Å²) in [5.41, 5.74) is 2.65. The van der Waals surface area contributed by atoms with Crippen molar-refractivity contribution >= 4 is 54.8 Å². The Balaban J connectivity index is 1.44. The zero-order valence-electron chi connectivity index (χ0n) is 15.6. The molecule has 3 heterocycles. The predicted octanol–water partition coefficient (Wildman–Crippen LogP) is 3.77. The van der Waals surface area contributed by atoms with Gasteiger partial charge in [-0.3, -0.25) is 4.79 Å². The highest BCUT2D eigenvalue weighted by Gasteiger charge is 2.40. The van der Waals surface area contributed by atoms with E-state index in [1.807, 2.05) is 25.1 Å². The van der Waals surface area contributed by atoms with Gasteiger partial charge in [0.05, 0.1) is 15.7 Å². The van der Waals surface area contributed by atoms with Gasteiger partial charge in [-0.25, -0.2) is 18.4 Å². The highest BCUT2D eigenvalue weighted by molar-refractivity contribution is 7.89. The van der Waals surface area contributed by atoms with Gasteiger partial charge in [-0.2, -0.15) is 4.31 Å². The number of nitrogens with one attached hydrogen (secondary N) is 1. The van der Waals surface area contributed by atoms with E-state index in [-0.39, 0.29) is 29.0 Å². The van der Waals surface area contributed by atoms with Crippen molar-refractivity contribution in [3.05, 3.63) is 47.2 Å². The van der Waals surface area contributed by atoms with E-state index in [0.29, 0.717) is 18.5 Å². The molecule has 1 N–H and O–H groups in total. The molecule has 3 aromatic rings. The SMILES string of the molecule is CC1(C(=O)Nc2ccc3scnc3c2)CCN(S(=O)(=O)c2ccc(Cl)nc2)CC1. The third-order valence-electron chi connectivity index (χ3n) is 5.30. The number of fused-ring (bicyclic) bond motifs is 1. The van der Waals surface area contributed by atoms with Crippen LogP contribution in [-0.2, 0) is 14.8 Å². The Morgan fingerprint density at radius 3 is 2.66 bits per heavy atom. The fraction of sp³-hybridized carbons (Fsp3) is 0.316. The van der Waals surface area contributed by atoms with E-state index in [0.717, 1.165) is 10.2 Å². The van der Waals surface area contributed by atoms with Gasteiger partial charge in [0.15, 0.2) is 0 Å². The third-order valence-corrected chi connectivity index (χ3v) is 8.22. The van der Waals surface area contributed by atoms with Crippen LogP contribution in [0.25, 0.3) is 10.2 Å². The van der Waals surface area contributed by atoms with Crippen molar-refractivity contribution in [1.29, 1.82) is 0 Å². The molecule has 0 aliphatic carbocycles. The molecule has 0 bridgehead atoms. The van der Waals surface area contributed by atoms with Crippen LogP contribution in [0, 0.1) is 5.41 Å². The minimum Gasteiger partial charge on any atom is -0.326 e. The second-order valence-electron chi connectivity index (χ2n) is 7.27. The maximum absolute atomic E-state index is 12.9. The lowest BCUT2D eigenvalue weighted by Gasteiger charge is -2.37. The average molecular weight is 451 g/mol. The van der Waals surface area contributed by atoms with E-state index in [1.54, 1.807) is 16.8 Å². The Labute approximate surface area is 177 Å². The summed E-state index contributed by atoms with van der Waals surface area (Å²) in [5, 5.41) is 3.20. The van der Waals surface area contributed by atoms with Crippen LogP contribution < -0.4 is 5.32 Å². The number of pyridine rings is 1. The maximum atomic E-state index is 12.9. The van der Waals surface area contributed by atoms with Crippen LogP contribution in [-0.4, -0.2) is 41.7 Å². The summed E-state index contributed by atoms with van der Waals surface area (Å²) in [6.45, 7) is 2.40. The molecule has 1 aromatic carbocycles. The highest BCUT2D eigenvalue weighted by atomic mass is 35.5. The smallest absolute Gasteiger partial charge is 0.244 e. The van der Waals surface area contributed by atoms with Gasteiger partial charge in [0, 0.05) is 30.4 Å². The van der Waals surface area contributed by atoms with E-state index in [2.05, 4.69) is 15.3 Å². The molecule has 10 heteroatoms. The van der Waals surface area contributed by atoms with Crippen LogP contribution in [0.5, 0.6) is 0 Å². The molecule has 7 nitrogen and oxygen atoms in total. The minimum atomic E-state index is -3.66. The van der Waals surface area contributed by atoms with E-state index in [1.165, 1.54) is 22.6 Å². The van der Waals surface area contributed by atoms with Gasteiger partial charge in [-0.1, -0.05) is 18.5 Å². The molecule has 0 unspecified atom stereocenters. The summed E-state index contributed by atoms with van der Waals surface area (Å²) < 4.78 is 28.1. The first kappa shape index (κ1) is 20.2. The molecule has 152 valence electrons. The number of benzene rings is 1. The monoisotopic (exact) mass is 450 g/mol. The van der Waals surface area contributed by atoms with E-state index < -0.39 is 15.4 Å². The van der Waals surface area contributed by atoms with Gasteiger partial charge in [0.2, 0.25) is 15.9 Å². The molecule has 1 amide bonds. The third kappa shape index (κ3) is 4.00. The zero-order valence-corrected chi connectivity index (χ0v) is 18.0. The Morgan fingerprint density at radius 1 is 1.21 bits per heavy atom. The van der Waals surface area contributed by atoms with Crippen molar-refractivity contribution in [1.82, 2.24) is 14.3 Å². The molecule has 0 spiro atoms. The molecule has 0 radical (unpaired) electrons. The fourth-order valence-corrected chi connectivity index (χ4v) is 5.49. The normalized spacial score (nSPS) is 17.3. The van der Waals surface area contributed by atoms with Gasteiger partial charge >= 0.3 is 0 Å². The highest BCUT2D eigenvalue weighted by Crippen LogP contribution is 2.35.